The van der Waals surface area contributed by atoms with Crippen LogP contribution in [0.1, 0.15) is 41.5 Å². The summed E-state index contributed by atoms with van der Waals surface area (Å²) < 4.78 is 18.4. The first-order valence-corrected chi connectivity index (χ1v) is 14.6. The van der Waals surface area contributed by atoms with Crippen molar-refractivity contribution >= 4 is 22.4 Å². The van der Waals surface area contributed by atoms with E-state index in [0.717, 1.165) is 0 Å². The number of ketones is 1. The molecule has 1 aliphatic heterocycles. The maximum absolute atomic E-state index is 12.4. The van der Waals surface area contributed by atoms with Crippen LogP contribution in [0.4, 0.5) is 0 Å². The van der Waals surface area contributed by atoms with E-state index >= 15 is 0 Å². The standard InChI is InChI=1S/C18H36O4Si2/c1-17(2,3)23(7,8)21-13-15-16(14(19)11-12-20-15)22-24(9,10)18(4,5)6/h11-12,15-16H,13H2,1-10H3/t15-,16+/m1/s1. The Hall–Kier alpha value is -0.436. The first-order chi connectivity index (χ1) is 10.6. The van der Waals surface area contributed by atoms with Crippen LogP contribution in [0.5, 0.6) is 0 Å². The second-order valence-electron chi connectivity index (χ2n) is 9.75. The molecule has 0 aromatic rings. The van der Waals surface area contributed by atoms with E-state index in [1.54, 1.807) is 0 Å². The highest BCUT2D eigenvalue weighted by Crippen LogP contribution is 2.39. The van der Waals surface area contributed by atoms with Crippen LogP contribution >= 0.6 is 0 Å². The van der Waals surface area contributed by atoms with Crippen molar-refractivity contribution in [2.24, 2.45) is 0 Å². The minimum absolute atomic E-state index is 0.0186. The van der Waals surface area contributed by atoms with Gasteiger partial charge >= 0.3 is 0 Å². The van der Waals surface area contributed by atoms with Gasteiger partial charge in [0.1, 0.15) is 6.10 Å². The summed E-state index contributed by atoms with van der Waals surface area (Å²) in [5, 5.41) is 0.163. The lowest BCUT2D eigenvalue weighted by atomic mass is 10.1. The third-order valence-corrected chi connectivity index (χ3v) is 14.7. The van der Waals surface area contributed by atoms with Crippen LogP contribution in [0.15, 0.2) is 12.3 Å². The first-order valence-electron chi connectivity index (χ1n) is 8.76. The highest BCUT2D eigenvalue weighted by molar-refractivity contribution is 6.74. The van der Waals surface area contributed by atoms with Gasteiger partial charge in [0, 0.05) is 6.08 Å². The van der Waals surface area contributed by atoms with E-state index < -0.39 is 22.7 Å². The number of carbonyl (C=O) groups excluding carboxylic acids is 1. The molecule has 0 radical (unpaired) electrons. The molecular weight excluding hydrogens is 336 g/mol. The predicted octanol–water partition coefficient (Wildman–Crippen LogP) is 4.88. The number of hydrogen-bond acceptors (Lipinski definition) is 4. The highest BCUT2D eigenvalue weighted by Gasteiger charge is 2.45. The van der Waals surface area contributed by atoms with Crippen molar-refractivity contribution < 1.29 is 18.4 Å². The number of hydrogen-bond donors (Lipinski definition) is 0. The Morgan fingerprint density at radius 3 is 1.96 bits per heavy atom. The van der Waals surface area contributed by atoms with E-state index in [0.29, 0.717) is 6.61 Å². The van der Waals surface area contributed by atoms with Gasteiger partial charge < -0.3 is 13.6 Å². The quantitative estimate of drug-likeness (QED) is 0.645. The van der Waals surface area contributed by atoms with Gasteiger partial charge in [0.15, 0.2) is 28.5 Å². The Balaban J connectivity index is 2.89. The van der Waals surface area contributed by atoms with Crippen LogP contribution in [-0.4, -0.2) is 41.2 Å². The fourth-order valence-corrected chi connectivity index (χ4v) is 4.09. The Bertz CT molecular complexity index is 484. The Morgan fingerprint density at radius 2 is 1.50 bits per heavy atom. The first kappa shape index (κ1) is 21.6. The molecule has 0 saturated heterocycles. The molecule has 6 heteroatoms. The monoisotopic (exact) mass is 372 g/mol. The molecule has 0 aliphatic carbocycles. The fourth-order valence-electron chi connectivity index (χ4n) is 1.82. The van der Waals surface area contributed by atoms with Crippen LogP contribution in [0.3, 0.4) is 0 Å². The number of ether oxygens (including phenoxy) is 1. The third-order valence-electron chi connectivity index (χ3n) is 5.75. The summed E-state index contributed by atoms with van der Waals surface area (Å²) in [4.78, 5) is 12.4. The minimum Gasteiger partial charge on any atom is -0.492 e. The highest BCUT2D eigenvalue weighted by atomic mass is 28.4. The maximum atomic E-state index is 12.4. The van der Waals surface area contributed by atoms with E-state index in [2.05, 4.69) is 67.7 Å². The zero-order valence-corrected chi connectivity index (χ0v) is 19.1. The summed E-state index contributed by atoms with van der Waals surface area (Å²) in [6.45, 7) is 22.2. The van der Waals surface area contributed by atoms with Crippen molar-refractivity contribution in [3.05, 3.63) is 12.3 Å². The molecule has 1 aliphatic rings. The molecular formula is C18H36O4Si2. The molecule has 0 spiro atoms. The zero-order chi connectivity index (χ0) is 19.0. The molecule has 0 bridgehead atoms. The van der Waals surface area contributed by atoms with Crippen molar-refractivity contribution in [2.75, 3.05) is 6.61 Å². The van der Waals surface area contributed by atoms with Crippen molar-refractivity contribution in [3.8, 4) is 0 Å². The van der Waals surface area contributed by atoms with Gasteiger partial charge in [-0.25, -0.2) is 0 Å². The molecule has 0 amide bonds. The molecule has 0 fully saturated rings. The molecule has 4 nitrogen and oxygen atoms in total. The molecule has 0 N–H and O–H groups in total. The molecule has 0 saturated carbocycles. The van der Waals surface area contributed by atoms with Crippen LogP contribution in [0.2, 0.25) is 36.3 Å². The Labute approximate surface area is 150 Å². The summed E-state index contributed by atoms with van der Waals surface area (Å²) in [5.74, 6) is -0.0186. The minimum atomic E-state index is -2.07. The number of rotatable bonds is 5. The van der Waals surface area contributed by atoms with E-state index in [9.17, 15) is 4.79 Å². The molecule has 24 heavy (non-hydrogen) atoms. The van der Waals surface area contributed by atoms with Crippen LogP contribution in [-0.2, 0) is 18.4 Å². The van der Waals surface area contributed by atoms with E-state index in [1.165, 1.54) is 12.3 Å². The third kappa shape index (κ3) is 5.03. The van der Waals surface area contributed by atoms with Gasteiger partial charge in [-0.15, -0.1) is 0 Å². The lowest BCUT2D eigenvalue weighted by molar-refractivity contribution is -0.131. The van der Waals surface area contributed by atoms with Crippen LogP contribution in [0, 0.1) is 0 Å². The molecule has 0 unspecified atom stereocenters. The molecule has 0 aromatic heterocycles. The van der Waals surface area contributed by atoms with Gasteiger partial charge in [-0.3, -0.25) is 4.79 Å². The summed E-state index contributed by atoms with van der Waals surface area (Å²) in [6.07, 6.45) is 2.01. The number of carbonyl (C=O) groups is 1. The van der Waals surface area contributed by atoms with Crippen molar-refractivity contribution in [2.45, 2.75) is 90.0 Å². The van der Waals surface area contributed by atoms with Crippen molar-refractivity contribution in [1.29, 1.82) is 0 Å². The van der Waals surface area contributed by atoms with E-state index in [-0.39, 0.29) is 22.0 Å². The van der Waals surface area contributed by atoms with Gasteiger partial charge in [-0.05, 0) is 36.3 Å². The average Bonchev–Trinajstić information content (AvgIpc) is 2.36. The zero-order valence-electron chi connectivity index (χ0n) is 17.1. The topological polar surface area (TPSA) is 44.8 Å². The molecule has 1 rings (SSSR count). The summed E-state index contributed by atoms with van der Waals surface area (Å²) in [5.41, 5.74) is 0. The SMILES string of the molecule is CC(C)(C)[Si](C)(C)OC[C@H]1OC=CC(=O)[C@@H]1O[Si](C)(C)C(C)(C)C. The van der Waals surface area contributed by atoms with Gasteiger partial charge in [0.05, 0.1) is 12.9 Å². The molecule has 2 atom stereocenters. The van der Waals surface area contributed by atoms with E-state index in [1.807, 2.05) is 0 Å². The van der Waals surface area contributed by atoms with Gasteiger partial charge in [-0.1, -0.05) is 41.5 Å². The summed E-state index contributed by atoms with van der Waals surface area (Å²) >= 11 is 0. The van der Waals surface area contributed by atoms with Gasteiger partial charge in [0.2, 0.25) is 0 Å². The van der Waals surface area contributed by atoms with Crippen LogP contribution < -0.4 is 0 Å². The Kier molecular flexibility index (Phi) is 6.35. The normalized spacial score (nSPS) is 23.3. The second-order valence-corrected chi connectivity index (χ2v) is 19.3. The summed E-state index contributed by atoms with van der Waals surface area (Å²) in [7, 11) is -3.96. The van der Waals surface area contributed by atoms with E-state index in [4.69, 9.17) is 13.6 Å². The largest absolute Gasteiger partial charge is 0.492 e. The van der Waals surface area contributed by atoms with Gasteiger partial charge in [-0.2, -0.15) is 0 Å². The maximum Gasteiger partial charge on any atom is 0.193 e. The predicted molar refractivity (Wildman–Crippen MR) is 104 cm³/mol. The van der Waals surface area contributed by atoms with Crippen molar-refractivity contribution in [3.63, 3.8) is 0 Å². The lowest BCUT2D eigenvalue weighted by Crippen LogP contribution is -2.53. The molecule has 0 aromatic carbocycles. The van der Waals surface area contributed by atoms with Crippen LogP contribution in [0.25, 0.3) is 0 Å². The second kappa shape index (κ2) is 7.06. The fraction of sp³-hybridized carbons (Fsp3) is 0.833. The molecule has 140 valence electrons. The Morgan fingerprint density at radius 1 is 1.00 bits per heavy atom. The van der Waals surface area contributed by atoms with Gasteiger partial charge in [0.25, 0.3) is 0 Å². The smallest absolute Gasteiger partial charge is 0.193 e. The molecule has 1 heterocycles. The summed E-state index contributed by atoms with van der Waals surface area (Å²) in [6, 6.07) is 0. The average molecular weight is 373 g/mol. The lowest BCUT2D eigenvalue weighted by Gasteiger charge is -2.42. The van der Waals surface area contributed by atoms with Crippen molar-refractivity contribution in [1.82, 2.24) is 0 Å².